The van der Waals surface area contributed by atoms with Crippen LogP contribution in [0.4, 0.5) is 0 Å². The van der Waals surface area contributed by atoms with Crippen LogP contribution in [-0.4, -0.2) is 9.13 Å². The second-order valence-corrected chi connectivity index (χ2v) is 17.7. The second-order valence-electron chi connectivity index (χ2n) is 17.7. The molecule has 11 aromatic carbocycles. The van der Waals surface area contributed by atoms with Crippen LogP contribution in [0, 0.1) is 0 Å². The molecular weight excluding hydrogens is 821 g/mol. The van der Waals surface area contributed by atoms with Gasteiger partial charge in [0.25, 0.3) is 0 Å². The highest BCUT2D eigenvalue weighted by molar-refractivity contribution is 6.10. The Kier molecular flexibility index (Phi) is 9.54. The van der Waals surface area contributed by atoms with E-state index in [-0.39, 0.29) is 0 Å². The van der Waals surface area contributed by atoms with Gasteiger partial charge in [0.2, 0.25) is 0 Å². The van der Waals surface area contributed by atoms with Crippen molar-refractivity contribution in [1.82, 2.24) is 9.13 Å². The van der Waals surface area contributed by atoms with E-state index in [1.807, 2.05) is 0 Å². The van der Waals surface area contributed by atoms with Crippen molar-refractivity contribution in [3.05, 3.63) is 267 Å². The molecule has 0 saturated carbocycles. The van der Waals surface area contributed by atoms with Crippen molar-refractivity contribution in [1.29, 1.82) is 0 Å². The minimum Gasteiger partial charge on any atom is -0.309 e. The monoisotopic (exact) mass is 864 g/mol. The van der Waals surface area contributed by atoms with E-state index in [9.17, 15) is 0 Å². The lowest BCUT2D eigenvalue weighted by Crippen LogP contribution is -1.94. The van der Waals surface area contributed by atoms with Crippen molar-refractivity contribution in [2.24, 2.45) is 0 Å². The van der Waals surface area contributed by atoms with E-state index < -0.39 is 0 Å². The summed E-state index contributed by atoms with van der Waals surface area (Å²) in [5.41, 5.74) is 21.5. The van der Waals surface area contributed by atoms with Gasteiger partial charge in [0.15, 0.2) is 0 Å². The number of aromatic nitrogens is 2. The summed E-state index contributed by atoms with van der Waals surface area (Å²) in [7, 11) is 0. The third-order valence-electron chi connectivity index (χ3n) is 13.8. The maximum absolute atomic E-state index is 2.39. The Morgan fingerprint density at radius 2 is 0.500 bits per heavy atom. The smallest absolute Gasteiger partial charge is 0.0541 e. The molecule has 318 valence electrons. The molecule has 0 saturated heterocycles. The highest BCUT2D eigenvalue weighted by Crippen LogP contribution is 2.40. The van der Waals surface area contributed by atoms with Crippen molar-refractivity contribution < 1.29 is 0 Å². The zero-order valence-electron chi connectivity index (χ0n) is 37.3. The van der Waals surface area contributed by atoms with Gasteiger partial charge in [-0.25, -0.2) is 0 Å². The third-order valence-corrected chi connectivity index (χ3v) is 13.8. The molecule has 0 bridgehead atoms. The van der Waals surface area contributed by atoms with Gasteiger partial charge >= 0.3 is 0 Å². The number of nitrogens with zero attached hydrogens (tertiary/aromatic N) is 2. The molecule has 13 rings (SSSR count). The maximum Gasteiger partial charge on any atom is 0.0541 e. The van der Waals surface area contributed by atoms with E-state index >= 15 is 0 Å². The van der Waals surface area contributed by atoms with E-state index in [0.717, 1.165) is 11.4 Å². The number of para-hydroxylation sites is 4. The molecule has 0 radical (unpaired) electrons. The molecule has 2 aromatic heterocycles. The van der Waals surface area contributed by atoms with Gasteiger partial charge in [0.05, 0.1) is 22.1 Å². The molecule has 0 N–H and O–H groups in total. The van der Waals surface area contributed by atoms with Gasteiger partial charge in [0.1, 0.15) is 0 Å². The van der Waals surface area contributed by atoms with E-state index in [0.29, 0.717) is 0 Å². The summed E-state index contributed by atoms with van der Waals surface area (Å²) >= 11 is 0. The molecule has 68 heavy (non-hydrogen) atoms. The van der Waals surface area contributed by atoms with Gasteiger partial charge in [0, 0.05) is 32.9 Å². The van der Waals surface area contributed by atoms with Crippen LogP contribution in [0.1, 0.15) is 0 Å². The second kappa shape index (κ2) is 16.5. The number of hydrogen-bond donors (Lipinski definition) is 0. The molecule has 2 nitrogen and oxygen atoms in total. The Morgan fingerprint density at radius 1 is 0.176 bits per heavy atom. The van der Waals surface area contributed by atoms with Crippen LogP contribution in [0.25, 0.3) is 122 Å². The predicted octanol–water partition coefficient (Wildman–Crippen LogP) is 17.9. The molecule has 2 heteroatoms. The normalized spacial score (nSPS) is 11.5. The van der Waals surface area contributed by atoms with Gasteiger partial charge in [-0.2, -0.15) is 0 Å². The zero-order chi connectivity index (χ0) is 45.0. The quantitative estimate of drug-likeness (QED) is 0.144. The third kappa shape index (κ3) is 6.73. The van der Waals surface area contributed by atoms with Gasteiger partial charge in [-0.05, 0) is 127 Å². The molecule has 0 atom stereocenters. The van der Waals surface area contributed by atoms with Crippen molar-refractivity contribution in [3.63, 3.8) is 0 Å². The molecule has 0 aliphatic carbocycles. The van der Waals surface area contributed by atoms with Crippen LogP contribution in [0.3, 0.4) is 0 Å². The Bertz CT molecular complexity index is 3880. The van der Waals surface area contributed by atoms with E-state index in [1.54, 1.807) is 0 Å². The molecule has 0 fully saturated rings. The van der Waals surface area contributed by atoms with Crippen LogP contribution in [0.15, 0.2) is 267 Å². The van der Waals surface area contributed by atoms with Crippen LogP contribution in [-0.2, 0) is 0 Å². The number of benzene rings is 11. The highest BCUT2D eigenvalue weighted by Gasteiger charge is 2.16. The van der Waals surface area contributed by atoms with Gasteiger partial charge in [-0.3, -0.25) is 0 Å². The SMILES string of the molecule is c1ccc(-c2ccccc2-c2cccc(-c3ccc(-c4ccc(-c5ccc(-n6c7ccccc7c7ccccc76)cc5)cc4-c4ccc(-n5c6ccccc6c6ccccc65)cc4)cc3)c2)cc1. The summed E-state index contributed by atoms with van der Waals surface area (Å²) in [5.74, 6) is 0. The molecule has 0 aliphatic rings. The molecular formula is C66H44N2. The average molecular weight is 865 g/mol. The van der Waals surface area contributed by atoms with Crippen molar-refractivity contribution in [2.75, 3.05) is 0 Å². The van der Waals surface area contributed by atoms with Crippen LogP contribution < -0.4 is 0 Å². The summed E-state index contributed by atoms with van der Waals surface area (Å²) in [6, 6.07) is 97.4. The van der Waals surface area contributed by atoms with Crippen molar-refractivity contribution >= 4 is 43.6 Å². The van der Waals surface area contributed by atoms with E-state index in [2.05, 4.69) is 276 Å². The Hall–Kier alpha value is -8.98. The number of rotatable bonds is 8. The van der Waals surface area contributed by atoms with Gasteiger partial charge in [-0.1, -0.05) is 206 Å². The number of hydrogen-bond acceptors (Lipinski definition) is 0. The maximum atomic E-state index is 2.39. The Labute approximate surface area is 395 Å². The van der Waals surface area contributed by atoms with Crippen LogP contribution in [0.2, 0.25) is 0 Å². The van der Waals surface area contributed by atoms with E-state index in [1.165, 1.54) is 110 Å². The fourth-order valence-corrected chi connectivity index (χ4v) is 10.5. The summed E-state index contributed by atoms with van der Waals surface area (Å²) in [5, 5.41) is 5.06. The van der Waals surface area contributed by atoms with Crippen molar-refractivity contribution in [2.45, 2.75) is 0 Å². The molecule has 0 unspecified atom stereocenters. The Balaban J connectivity index is 0.891. The van der Waals surface area contributed by atoms with Gasteiger partial charge in [-0.15, -0.1) is 0 Å². The van der Waals surface area contributed by atoms with Crippen LogP contribution >= 0.6 is 0 Å². The first-order valence-electron chi connectivity index (χ1n) is 23.4. The first kappa shape index (κ1) is 39.4. The molecule has 0 amide bonds. The first-order chi connectivity index (χ1) is 33.7. The van der Waals surface area contributed by atoms with E-state index in [4.69, 9.17) is 0 Å². The zero-order valence-corrected chi connectivity index (χ0v) is 37.3. The molecule has 13 aromatic rings. The molecule has 0 aliphatic heterocycles. The lowest BCUT2D eigenvalue weighted by Gasteiger charge is -2.16. The summed E-state index contributed by atoms with van der Waals surface area (Å²) in [6.45, 7) is 0. The van der Waals surface area contributed by atoms with Crippen LogP contribution in [0.5, 0.6) is 0 Å². The average Bonchev–Trinajstić information content (AvgIpc) is 3.94. The summed E-state index contributed by atoms with van der Waals surface area (Å²) < 4.78 is 4.77. The molecule has 0 spiro atoms. The minimum absolute atomic E-state index is 1.14. The fraction of sp³-hybridized carbons (Fsp3) is 0. The van der Waals surface area contributed by atoms with Gasteiger partial charge < -0.3 is 9.13 Å². The standard InChI is InChI=1S/C66H44N2/c1-2-15-47(16-3-1)55-19-4-5-20-56(55)52-18-14-17-50(43-52)45-29-31-48(32-30-45)57-42-37-51(46-33-38-53(39-34-46)67-63-25-10-6-21-58(63)59-22-7-11-26-64(59)67)44-62(57)49-35-40-54(41-36-49)68-65-27-12-8-23-60(65)61-24-9-13-28-66(61)68/h1-44H. The first-order valence-corrected chi connectivity index (χ1v) is 23.4. The predicted molar refractivity (Wildman–Crippen MR) is 288 cm³/mol. The minimum atomic E-state index is 1.14. The fourth-order valence-electron chi connectivity index (χ4n) is 10.5. The topological polar surface area (TPSA) is 9.86 Å². The lowest BCUT2D eigenvalue weighted by atomic mass is 9.89. The molecule has 2 heterocycles. The number of fused-ring (bicyclic) bond motifs is 6. The van der Waals surface area contributed by atoms with Crippen molar-refractivity contribution in [3.8, 4) is 78.1 Å². The lowest BCUT2D eigenvalue weighted by molar-refractivity contribution is 1.18. The summed E-state index contributed by atoms with van der Waals surface area (Å²) in [4.78, 5) is 0. The highest BCUT2D eigenvalue weighted by atomic mass is 15.0. The summed E-state index contributed by atoms with van der Waals surface area (Å²) in [6.07, 6.45) is 0. The largest absolute Gasteiger partial charge is 0.309 e. The Morgan fingerprint density at radius 3 is 1.03 bits per heavy atom.